The largest absolute Gasteiger partial charge is 0.465 e. The first-order valence-corrected chi connectivity index (χ1v) is 10.5. The van der Waals surface area contributed by atoms with Crippen LogP contribution in [0.1, 0.15) is 48.8 Å². The second kappa shape index (κ2) is 7.93. The monoisotopic (exact) mass is 428 g/mol. The summed E-state index contributed by atoms with van der Waals surface area (Å²) in [6.07, 6.45) is 3.40. The highest BCUT2D eigenvalue weighted by Gasteiger charge is 2.31. The summed E-state index contributed by atoms with van der Waals surface area (Å²) >= 11 is 3.53. The van der Waals surface area contributed by atoms with Gasteiger partial charge in [-0.15, -0.1) is 0 Å². The molecule has 0 radical (unpaired) electrons. The first-order chi connectivity index (χ1) is 13.1. The van der Waals surface area contributed by atoms with E-state index in [1.807, 2.05) is 0 Å². The zero-order valence-corrected chi connectivity index (χ0v) is 16.9. The number of nitrogens with zero attached hydrogens (tertiary/aromatic N) is 2. The van der Waals surface area contributed by atoms with Gasteiger partial charge in [0.1, 0.15) is 0 Å². The van der Waals surface area contributed by atoms with Crippen molar-refractivity contribution in [1.29, 1.82) is 0 Å². The number of carbonyl (C=O) groups is 1. The SMILES string of the molecule is O=C(O)N1CCC(c2ccccc2C2CCCN2c2ccc(Br)cc2)CC1. The highest BCUT2D eigenvalue weighted by atomic mass is 79.9. The minimum Gasteiger partial charge on any atom is -0.465 e. The molecule has 0 spiro atoms. The molecule has 4 nitrogen and oxygen atoms in total. The first kappa shape index (κ1) is 18.4. The van der Waals surface area contributed by atoms with E-state index in [0.29, 0.717) is 25.0 Å². The molecule has 2 aliphatic heterocycles. The molecule has 2 aromatic rings. The number of amides is 1. The third kappa shape index (κ3) is 3.84. The molecule has 1 amide bonds. The summed E-state index contributed by atoms with van der Waals surface area (Å²) in [5, 5.41) is 9.22. The fraction of sp³-hybridized carbons (Fsp3) is 0.409. The van der Waals surface area contributed by atoms with Gasteiger partial charge in [-0.1, -0.05) is 40.2 Å². The first-order valence-electron chi connectivity index (χ1n) is 9.72. The molecule has 2 heterocycles. The van der Waals surface area contributed by atoms with Crippen molar-refractivity contribution < 1.29 is 9.90 Å². The van der Waals surface area contributed by atoms with Crippen LogP contribution in [0.25, 0.3) is 0 Å². The van der Waals surface area contributed by atoms with Crippen molar-refractivity contribution >= 4 is 27.7 Å². The average Bonchev–Trinajstić information content (AvgIpc) is 3.18. The van der Waals surface area contributed by atoms with Crippen LogP contribution in [0.4, 0.5) is 10.5 Å². The Morgan fingerprint density at radius 3 is 2.26 bits per heavy atom. The van der Waals surface area contributed by atoms with E-state index in [-0.39, 0.29) is 0 Å². The van der Waals surface area contributed by atoms with Crippen LogP contribution in [0.15, 0.2) is 53.0 Å². The minimum atomic E-state index is -0.793. The molecule has 4 rings (SSSR count). The van der Waals surface area contributed by atoms with Crippen molar-refractivity contribution in [3.8, 4) is 0 Å². The third-order valence-electron chi connectivity index (χ3n) is 5.97. The van der Waals surface area contributed by atoms with E-state index in [0.717, 1.165) is 23.9 Å². The van der Waals surface area contributed by atoms with Crippen LogP contribution in [-0.2, 0) is 0 Å². The zero-order chi connectivity index (χ0) is 18.8. The molecule has 1 unspecified atom stereocenters. The van der Waals surface area contributed by atoms with Gasteiger partial charge >= 0.3 is 6.09 Å². The number of likely N-dealkylation sites (tertiary alicyclic amines) is 1. The molecule has 2 saturated heterocycles. The van der Waals surface area contributed by atoms with Crippen LogP contribution in [0.2, 0.25) is 0 Å². The van der Waals surface area contributed by atoms with Crippen molar-refractivity contribution in [3.63, 3.8) is 0 Å². The average molecular weight is 429 g/mol. The quantitative estimate of drug-likeness (QED) is 0.686. The van der Waals surface area contributed by atoms with Crippen LogP contribution in [-0.4, -0.2) is 35.7 Å². The lowest BCUT2D eigenvalue weighted by atomic mass is 9.84. The summed E-state index contributed by atoms with van der Waals surface area (Å²) in [5.41, 5.74) is 4.11. The molecule has 0 bridgehead atoms. The Morgan fingerprint density at radius 1 is 0.926 bits per heavy atom. The van der Waals surface area contributed by atoms with Gasteiger partial charge in [0.05, 0.1) is 6.04 Å². The van der Waals surface area contributed by atoms with Crippen LogP contribution >= 0.6 is 15.9 Å². The topological polar surface area (TPSA) is 43.8 Å². The van der Waals surface area contributed by atoms with Gasteiger partial charge in [0, 0.05) is 29.8 Å². The highest BCUT2D eigenvalue weighted by molar-refractivity contribution is 9.10. The third-order valence-corrected chi connectivity index (χ3v) is 6.50. The number of anilines is 1. The highest BCUT2D eigenvalue weighted by Crippen LogP contribution is 2.41. The van der Waals surface area contributed by atoms with Crippen LogP contribution in [0, 0.1) is 0 Å². The van der Waals surface area contributed by atoms with E-state index in [9.17, 15) is 9.90 Å². The smallest absolute Gasteiger partial charge is 0.407 e. The van der Waals surface area contributed by atoms with Gasteiger partial charge in [0.15, 0.2) is 0 Å². The lowest BCUT2D eigenvalue weighted by Gasteiger charge is -2.34. The second-order valence-corrected chi connectivity index (χ2v) is 8.42. The van der Waals surface area contributed by atoms with Gasteiger partial charge in [-0.05, 0) is 67.0 Å². The van der Waals surface area contributed by atoms with E-state index in [1.165, 1.54) is 29.7 Å². The maximum absolute atomic E-state index is 11.2. The molecule has 0 aliphatic carbocycles. The van der Waals surface area contributed by atoms with Gasteiger partial charge in [0.25, 0.3) is 0 Å². The predicted molar refractivity (Wildman–Crippen MR) is 111 cm³/mol. The van der Waals surface area contributed by atoms with Crippen molar-refractivity contribution in [2.75, 3.05) is 24.5 Å². The standard InChI is InChI=1S/C22H25BrN2O2/c23-17-7-9-18(10-8-17)25-13-3-6-21(25)20-5-2-1-4-19(20)16-11-14-24(15-12-16)22(26)27/h1-2,4-5,7-10,16,21H,3,6,11-15H2,(H,26,27). The van der Waals surface area contributed by atoms with E-state index in [4.69, 9.17) is 0 Å². The summed E-state index contributed by atoms with van der Waals surface area (Å²) in [4.78, 5) is 15.3. The summed E-state index contributed by atoms with van der Waals surface area (Å²) < 4.78 is 1.10. The molecule has 2 fully saturated rings. The summed E-state index contributed by atoms with van der Waals surface area (Å²) in [5.74, 6) is 0.448. The number of halogens is 1. The zero-order valence-electron chi connectivity index (χ0n) is 15.4. The fourth-order valence-corrected chi connectivity index (χ4v) is 4.86. The summed E-state index contributed by atoms with van der Waals surface area (Å²) in [6.45, 7) is 2.35. The Bertz CT molecular complexity index is 800. The van der Waals surface area contributed by atoms with E-state index >= 15 is 0 Å². The van der Waals surface area contributed by atoms with Crippen molar-refractivity contribution in [1.82, 2.24) is 4.90 Å². The number of hydrogen-bond acceptors (Lipinski definition) is 2. The number of piperidine rings is 1. The normalized spacial score (nSPS) is 20.9. The fourth-order valence-electron chi connectivity index (χ4n) is 4.60. The maximum atomic E-state index is 11.2. The lowest BCUT2D eigenvalue weighted by Crippen LogP contribution is -2.37. The van der Waals surface area contributed by atoms with Crippen LogP contribution in [0.5, 0.6) is 0 Å². The van der Waals surface area contributed by atoms with E-state index in [1.54, 1.807) is 4.90 Å². The van der Waals surface area contributed by atoms with Crippen LogP contribution < -0.4 is 4.90 Å². The van der Waals surface area contributed by atoms with Gasteiger partial charge in [-0.2, -0.15) is 0 Å². The Hall–Kier alpha value is -2.01. The molecular weight excluding hydrogens is 404 g/mol. The molecule has 2 aliphatic rings. The van der Waals surface area contributed by atoms with Crippen molar-refractivity contribution in [3.05, 3.63) is 64.1 Å². The Balaban J connectivity index is 1.59. The number of rotatable bonds is 3. The number of hydrogen-bond donors (Lipinski definition) is 1. The van der Waals surface area contributed by atoms with Gasteiger partial charge < -0.3 is 14.9 Å². The molecule has 5 heteroatoms. The van der Waals surface area contributed by atoms with Crippen LogP contribution in [0.3, 0.4) is 0 Å². The molecule has 142 valence electrons. The number of carboxylic acid groups (broad SMARTS) is 1. The van der Waals surface area contributed by atoms with E-state index < -0.39 is 6.09 Å². The van der Waals surface area contributed by atoms with Crippen molar-refractivity contribution in [2.24, 2.45) is 0 Å². The second-order valence-electron chi connectivity index (χ2n) is 7.50. The summed E-state index contributed by atoms with van der Waals surface area (Å²) in [7, 11) is 0. The number of benzene rings is 2. The predicted octanol–water partition coefficient (Wildman–Crippen LogP) is 5.65. The van der Waals surface area contributed by atoms with E-state index in [2.05, 4.69) is 69.4 Å². The molecule has 2 aromatic carbocycles. The molecule has 1 atom stereocenters. The summed E-state index contributed by atoms with van der Waals surface area (Å²) in [6, 6.07) is 17.8. The molecule has 1 N–H and O–H groups in total. The molecule has 27 heavy (non-hydrogen) atoms. The Kier molecular flexibility index (Phi) is 5.39. The molecule has 0 saturated carbocycles. The van der Waals surface area contributed by atoms with Gasteiger partial charge in [-0.3, -0.25) is 0 Å². The van der Waals surface area contributed by atoms with Crippen molar-refractivity contribution in [2.45, 2.75) is 37.6 Å². The van der Waals surface area contributed by atoms with Gasteiger partial charge in [-0.25, -0.2) is 4.79 Å². The molecule has 0 aromatic heterocycles. The minimum absolute atomic E-state index is 0.403. The Morgan fingerprint density at radius 2 is 1.59 bits per heavy atom. The Labute approximate surface area is 168 Å². The van der Waals surface area contributed by atoms with Gasteiger partial charge in [0.2, 0.25) is 0 Å². The lowest BCUT2D eigenvalue weighted by molar-refractivity contribution is 0.132. The molecular formula is C22H25BrN2O2. The maximum Gasteiger partial charge on any atom is 0.407 e.